The molecule has 0 saturated carbocycles. The second kappa shape index (κ2) is 10.9. The molecule has 0 aromatic heterocycles. The van der Waals surface area contributed by atoms with Crippen molar-refractivity contribution in [3.63, 3.8) is 0 Å². The molecule has 0 bridgehead atoms. The maximum atomic E-state index is 13.0. The van der Waals surface area contributed by atoms with Gasteiger partial charge in [0, 0.05) is 27.9 Å². The summed E-state index contributed by atoms with van der Waals surface area (Å²) in [6, 6.07) is 17.3. The Morgan fingerprint density at radius 2 is 1.67 bits per heavy atom. The van der Waals surface area contributed by atoms with Crippen LogP contribution in [0, 0.1) is 10.1 Å². The number of nitro benzene ring substituents is 1. The minimum absolute atomic E-state index is 0.0382. The fourth-order valence-corrected chi connectivity index (χ4v) is 3.56. The van der Waals surface area contributed by atoms with Gasteiger partial charge in [-0.15, -0.1) is 0 Å². The van der Waals surface area contributed by atoms with Crippen LogP contribution in [0.1, 0.15) is 15.9 Å². The minimum Gasteiger partial charge on any atom is -0.496 e. The lowest BCUT2D eigenvalue weighted by atomic mass is 10.1. The molecule has 3 aromatic carbocycles. The van der Waals surface area contributed by atoms with Crippen molar-refractivity contribution in [2.75, 3.05) is 12.4 Å². The summed E-state index contributed by atoms with van der Waals surface area (Å²) in [5.41, 5.74) is 1.20. The molecule has 0 aliphatic heterocycles. The Bertz CT molecular complexity index is 1230. The number of ether oxygens (including phenoxy) is 1. The second-order valence-electron chi connectivity index (χ2n) is 6.67. The highest BCUT2D eigenvalue weighted by atomic mass is 79.9. The summed E-state index contributed by atoms with van der Waals surface area (Å²) in [5, 5.41) is 16.2. The topological polar surface area (TPSA) is 111 Å². The summed E-state index contributed by atoms with van der Waals surface area (Å²) >= 11 is 6.67. The monoisotopic (exact) mass is 573 g/mol. The average Bonchev–Trinajstić information content (AvgIpc) is 2.80. The van der Waals surface area contributed by atoms with Crippen LogP contribution in [0.25, 0.3) is 6.08 Å². The van der Waals surface area contributed by atoms with Gasteiger partial charge in [0.25, 0.3) is 17.5 Å². The second-order valence-corrected chi connectivity index (χ2v) is 8.44. The Morgan fingerprint density at radius 3 is 2.24 bits per heavy atom. The quantitative estimate of drug-likeness (QED) is 0.219. The number of carbonyl (C=O) groups excluding carboxylic acids is 2. The van der Waals surface area contributed by atoms with Gasteiger partial charge in [-0.3, -0.25) is 19.7 Å². The molecule has 8 nitrogen and oxygen atoms in total. The van der Waals surface area contributed by atoms with Crippen molar-refractivity contribution in [2.45, 2.75) is 0 Å². The molecule has 0 unspecified atom stereocenters. The van der Waals surface area contributed by atoms with Gasteiger partial charge in [0.15, 0.2) is 0 Å². The number of non-ortho nitro benzene ring substituents is 1. The highest BCUT2D eigenvalue weighted by Gasteiger charge is 2.16. The third-order valence-electron chi connectivity index (χ3n) is 4.42. The summed E-state index contributed by atoms with van der Waals surface area (Å²) in [6.07, 6.45) is 1.44. The fourth-order valence-electron chi connectivity index (χ4n) is 2.75. The molecule has 0 aliphatic rings. The van der Waals surface area contributed by atoms with Crippen LogP contribution in [0.5, 0.6) is 5.75 Å². The summed E-state index contributed by atoms with van der Waals surface area (Å²) in [7, 11) is 1.51. The smallest absolute Gasteiger partial charge is 0.272 e. The fraction of sp³-hybridized carbons (Fsp3) is 0.0435. The third-order valence-corrected chi connectivity index (χ3v) is 5.57. The van der Waals surface area contributed by atoms with Crippen molar-refractivity contribution in [2.24, 2.45) is 0 Å². The number of carbonyl (C=O) groups is 2. The molecule has 3 rings (SSSR count). The van der Waals surface area contributed by atoms with Crippen molar-refractivity contribution in [3.05, 3.63) is 103 Å². The van der Waals surface area contributed by atoms with Crippen LogP contribution >= 0.6 is 31.9 Å². The molecule has 168 valence electrons. The first-order chi connectivity index (χ1) is 15.8. The number of hydrogen-bond donors (Lipinski definition) is 2. The van der Waals surface area contributed by atoms with E-state index in [0.717, 1.165) is 4.47 Å². The molecule has 0 spiro atoms. The number of halogens is 2. The van der Waals surface area contributed by atoms with E-state index in [1.165, 1.54) is 37.5 Å². The highest BCUT2D eigenvalue weighted by Crippen LogP contribution is 2.25. The van der Waals surface area contributed by atoms with E-state index in [9.17, 15) is 19.7 Å². The molecule has 10 heteroatoms. The molecular weight excluding hydrogens is 558 g/mol. The van der Waals surface area contributed by atoms with Gasteiger partial charge in [-0.25, -0.2) is 0 Å². The van der Waals surface area contributed by atoms with Crippen LogP contribution in [-0.2, 0) is 4.79 Å². The lowest BCUT2D eigenvalue weighted by Crippen LogP contribution is -2.30. The van der Waals surface area contributed by atoms with Crippen LogP contribution in [0.15, 0.2) is 81.4 Å². The van der Waals surface area contributed by atoms with E-state index < -0.39 is 16.7 Å². The van der Waals surface area contributed by atoms with E-state index in [0.29, 0.717) is 27.0 Å². The summed E-state index contributed by atoms with van der Waals surface area (Å²) < 4.78 is 6.60. The van der Waals surface area contributed by atoms with Gasteiger partial charge in [-0.1, -0.05) is 15.9 Å². The van der Waals surface area contributed by atoms with Crippen LogP contribution in [0.4, 0.5) is 11.4 Å². The summed E-state index contributed by atoms with van der Waals surface area (Å²) in [4.78, 5) is 36.2. The van der Waals surface area contributed by atoms with E-state index in [-0.39, 0.29) is 11.4 Å². The molecular formula is C23H17Br2N3O5. The molecule has 0 heterocycles. The van der Waals surface area contributed by atoms with Crippen molar-refractivity contribution in [1.29, 1.82) is 0 Å². The number of methoxy groups -OCH3 is 1. The molecule has 3 aromatic rings. The lowest BCUT2D eigenvalue weighted by Gasteiger charge is -2.12. The lowest BCUT2D eigenvalue weighted by molar-refractivity contribution is -0.384. The Balaban J connectivity index is 1.90. The van der Waals surface area contributed by atoms with Crippen LogP contribution in [-0.4, -0.2) is 23.8 Å². The predicted octanol–water partition coefficient (Wildman–Crippen LogP) is 5.54. The first kappa shape index (κ1) is 24.1. The van der Waals surface area contributed by atoms with Gasteiger partial charge in [0.05, 0.1) is 16.5 Å². The first-order valence-electron chi connectivity index (χ1n) is 9.45. The zero-order chi connectivity index (χ0) is 24.0. The molecule has 0 atom stereocenters. The van der Waals surface area contributed by atoms with E-state index in [2.05, 4.69) is 42.5 Å². The van der Waals surface area contributed by atoms with Crippen molar-refractivity contribution < 1.29 is 19.2 Å². The number of nitrogens with one attached hydrogen (secondary N) is 2. The summed E-state index contributed by atoms with van der Waals surface area (Å²) in [5.74, 6) is -0.518. The van der Waals surface area contributed by atoms with Gasteiger partial charge in [-0.2, -0.15) is 0 Å². The van der Waals surface area contributed by atoms with E-state index in [1.807, 2.05) is 0 Å². The van der Waals surface area contributed by atoms with E-state index in [1.54, 1.807) is 42.5 Å². The molecule has 33 heavy (non-hydrogen) atoms. The largest absolute Gasteiger partial charge is 0.496 e. The highest BCUT2D eigenvalue weighted by molar-refractivity contribution is 9.10. The Morgan fingerprint density at radius 1 is 1.00 bits per heavy atom. The minimum atomic E-state index is -0.559. The number of nitro groups is 1. The van der Waals surface area contributed by atoms with Crippen molar-refractivity contribution in [1.82, 2.24) is 5.32 Å². The maximum absolute atomic E-state index is 13.0. The number of anilines is 1. The molecule has 0 fully saturated rings. The Hall–Kier alpha value is -3.50. The average molecular weight is 575 g/mol. The molecule has 0 aliphatic carbocycles. The van der Waals surface area contributed by atoms with E-state index >= 15 is 0 Å². The number of nitrogens with zero attached hydrogens (tertiary/aromatic N) is 1. The van der Waals surface area contributed by atoms with Crippen LogP contribution in [0.3, 0.4) is 0 Å². The number of amides is 2. The SMILES string of the molecule is COc1ccc(C(=O)NC(=Cc2ccc([N+](=O)[O-])cc2)C(=O)Nc2ccc(Br)cc2)cc1Br. The number of hydrogen-bond acceptors (Lipinski definition) is 5. The standard InChI is InChI=1S/C23H17Br2N3O5/c1-33-21-11-4-15(13-19(21)25)22(29)27-20(12-14-2-9-18(10-3-14)28(31)32)23(30)26-17-7-5-16(24)6-8-17/h2-13H,1H3,(H,26,30)(H,27,29). The molecule has 2 N–H and O–H groups in total. The van der Waals surface area contributed by atoms with E-state index in [4.69, 9.17) is 4.74 Å². The molecule has 0 saturated heterocycles. The van der Waals surface area contributed by atoms with Crippen LogP contribution < -0.4 is 15.4 Å². The first-order valence-corrected chi connectivity index (χ1v) is 11.0. The van der Waals surface area contributed by atoms with Crippen molar-refractivity contribution in [3.8, 4) is 5.75 Å². The van der Waals surface area contributed by atoms with Crippen molar-refractivity contribution >= 4 is 61.1 Å². The van der Waals surface area contributed by atoms with Gasteiger partial charge >= 0.3 is 0 Å². The molecule has 0 radical (unpaired) electrons. The zero-order valence-corrected chi connectivity index (χ0v) is 20.3. The number of benzene rings is 3. The Labute approximate surface area is 206 Å². The third kappa shape index (κ3) is 6.50. The van der Waals surface area contributed by atoms with Gasteiger partial charge < -0.3 is 15.4 Å². The van der Waals surface area contributed by atoms with Gasteiger partial charge in [-0.05, 0) is 82.2 Å². The van der Waals surface area contributed by atoms with Crippen LogP contribution in [0.2, 0.25) is 0 Å². The maximum Gasteiger partial charge on any atom is 0.272 e. The zero-order valence-electron chi connectivity index (χ0n) is 17.2. The number of rotatable bonds is 7. The Kier molecular flexibility index (Phi) is 7.96. The predicted molar refractivity (Wildman–Crippen MR) is 132 cm³/mol. The normalized spacial score (nSPS) is 10.9. The van der Waals surface area contributed by atoms with Gasteiger partial charge in [0.2, 0.25) is 0 Å². The molecule has 2 amide bonds. The van der Waals surface area contributed by atoms with Gasteiger partial charge in [0.1, 0.15) is 11.4 Å². The summed E-state index contributed by atoms with van der Waals surface area (Å²) in [6.45, 7) is 0.